The van der Waals surface area contributed by atoms with Gasteiger partial charge in [0.15, 0.2) is 0 Å². The summed E-state index contributed by atoms with van der Waals surface area (Å²) in [7, 11) is 0. The molecule has 2 aromatic rings. The number of aliphatic hydroxyl groups excluding tert-OH is 3. The Kier molecular flexibility index (Phi) is 5.38. The maximum absolute atomic E-state index is 10.5. The molecule has 2 fully saturated rings. The highest BCUT2D eigenvalue weighted by Gasteiger charge is 2.65. The van der Waals surface area contributed by atoms with Gasteiger partial charge in [-0.15, -0.1) is 0 Å². The number of rotatable bonds is 6. The third-order valence-electron chi connectivity index (χ3n) is 5.81. The predicted octanol–water partition coefficient (Wildman–Crippen LogP) is 2.87. The summed E-state index contributed by atoms with van der Waals surface area (Å²) in [4.78, 5) is 0. The van der Waals surface area contributed by atoms with Crippen molar-refractivity contribution in [1.82, 2.24) is 0 Å². The molecule has 0 radical (unpaired) electrons. The molecule has 2 aliphatic rings. The smallest absolute Gasteiger partial charge is 0.119 e. The third-order valence-corrected chi connectivity index (χ3v) is 6.18. The number of fused-ring (bicyclic) bond motifs is 1. The fraction of sp³-hybridized carbons (Fsp3) is 0.455. The van der Waals surface area contributed by atoms with Gasteiger partial charge in [-0.25, -0.2) is 0 Å². The molecule has 3 N–H and O–H groups in total. The second-order valence-corrected chi connectivity index (χ2v) is 8.06. The zero-order chi connectivity index (χ0) is 19.9. The molecule has 1 saturated heterocycles. The van der Waals surface area contributed by atoms with E-state index < -0.39 is 23.9 Å². The molecule has 5 atom stereocenters. The van der Waals surface area contributed by atoms with Crippen LogP contribution in [-0.2, 0) is 11.2 Å². The second-order valence-electron chi connectivity index (χ2n) is 7.66. The van der Waals surface area contributed by atoms with Crippen molar-refractivity contribution in [1.29, 1.82) is 0 Å². The number of hydrogen-bond acceptors (Lipinski definition) is 5. The van der Waals surface area contributed by atoms with Crippen LogP contribution in [0.5, 0.6) is 5.75 Å². The first-order chi connectivity index (χ1) is 13.5. The largest absolute Gasteiger partial charge is 0.494 e. The van der Waals surface area contributed by atoms with Gasteiger partial charge in [-0.05, 0) is 54.7 Å². The summed E-state index contributed by atoms with van der Waals surface area (Å²) in [6.45, 7) is 2.41. The number of halogens is 1. The van der Waals surface area contributed by atoms with Crippen LogP contribution < -0.4 is 4.74 Å². The van der Waals surface area contributed by atoms with Crippen molar-refractivity contribution < 1.29 is 24.8 Å². The Hall–Kier alpha value is -1.63. The molecule has 0 amide bonds. The third kappa shape index (κ3) is 3.53. The van der Waals surface area contributed by atoms with E-state index in [1.807, 2.05) is 37.3 Å². The lowest BCUT2D eigenvalue weighted by Crippen LogP contribution is -2.46. The van der Waals surface area contributed by atoms with Crippen molar-refractivity contribution in [2.45, 2.75) is 43.7 Å². The zero-order valence-electron chi connectivity index (χ0n) is 15.7. The lowest BCUT2D eigenvalue weighted by Gasteiger charge is -2.36. The number of hydrogen-bond donors (Lipinski definition) is 3. The van der Waals surface area contributed by atoms with Crippen molar-refractivity contribution >= 4 is 11.6 Å². The van der Waals surface area contributed by atoms with Crippen LogP contribution in [0.25, 0.3) is 0 Å². The quantitative estimate of drug-likeness (QED) is 0.690. The van der Waals surface area contributed by atoms with Gasteiger partial charge < -0.3 is 24.8 Å². The minimum atomic E-state index is -1.04. The van der Waals surface area contributed by atoms with Crippen LogP contribution in [0.4, 0.5) is 0 Å². The standard InChI is InChI=1S/C22H25ClO5/c1-2-27-16-6-3-13(4-7-16)9-15-10-14(5-8-18(15)23)21-20(26)19(25)17-11-22(17,12-24)28-21/h3-8,10,17,19-21,24-26H,2,9,11-12H2,1H3/t17-,19+,20-,21+,22+/m1/s1. The van der Waals surface area contributed by atoms with Gasteiger partial charge in [-0.1, -0.05) is 35.9 Å². The summed E-state index contributed by atoms with van der Waals surface area (Å²) in [5, 5.41) is 31.2. The Balaban J connectivity index is 1.56. The molecule has 28 heavy (non-hydrogen) atoms. The van der Waals surface area contributed by atoms with E-state index in [1.165, 1.54) is 0 Å². The van der Waals surface area contributed by atoms with Crippen molar-refractivity contribution in [3.8, 4) is 5.75 Å². The van der Waals surface area contributed by atoms with Crippen LogP contribution in [0, 0.1) is 5.92 Å². The Morgan fingerprint density at radius 2 is 1.89 bits per heavy atom. The van der Waals surface area contributed by atoms with E-state index in [9.17, 15) is 15.3 Å². The summed E-state index contributed by atoms with van der Waals surface area (Å²) in [6.07, 6.45) is -1.46. The van der Waals surface area contributed by atoms with E-state index in [0.29, 0.717) is 24.5 Å². The average Bonchev–Trinajstić information content (AvgIpc) is 3.44. The van der Waals surface area contributed by atoms with E-state index in [2.05, 4.69) is 0 Å². The summed E-state index contributed by atoms with van der Waals surface area (Å²) < 4.78 is 11.5. The normalized spacial score (nSPS) is 31.3. The van der Waals surface area contributed by atoms with Crippen LogP contribution in [0.2, 0.25) is 5.02 Å². The first kappa shape index (κ1) is 19.7. The molecule has 1 heterocycles. The molecule has 1 aliphatic heterocycles. The monoisotopic (exact) mass is 404 g/mol. The highest BCUT2D eigenvalue weighted by Crippen LogP contribution is 2.56. The molecule has 2 aromatic carbocycles. The van der Waals surface area contributed by atoms with Gasteiger partial charge in [0.05, 0.1) is 24.9 Å². The Morgan fingerprint density at radius 1 is 1.14 bits per heavy atom. The molecule has 1 saturated carbocycles. The number of aliphatic hydroxyl groups is 3. The number of ether oxygens (including phenoxy) is 2. The van der Waals surface area contributed by atoms with Crippen molar-refractivity contribution in [3.05, 3.63) is 64.2 Å². The lowest BCUT2D eigenvalue weighted by molar-refractivity contribution is -0.186. The molecule has 1 aliphatic carbocycles. The minimum Gasteiger partial charge on any atom is -0.494 e. The first-order valence-electron chi connectivity index (χ1n) is 9.62. The van der Waals surface area contributed by atoms with Gasteiger partial charge >= 0.3 is 0 Å². The molecule has 150 valence electrons. The van der Waals surface area contributed by atoms with E-state index in [0.717, 1.165) is 22.4 Å². The highest BCUT2D eigenvalue weighted by atomic mass is 35.5. The van der Waals surface area contributed by atoms with E-state index in [-0.39, 0.29) is 12.5 Å². The molecule has 5 nitrogen and oxygen atoms in total. The predicted molar refractivity (Wildman–Crippen MR) is 106 cm³/mol. The van der Waals surface area contributed by atoms with Gasteiger partial charge in [0.1, 0.15) is 18.0 Å². The molecule has 0 aromatic heterocycles. The van der Waals surface area contributed by atoms with E-state index in [4.69, 9.17) is 21.1 Å². The van der Waals surface area contributed by atoms with Crippen LogP contribution in [0.15, 0.2) is 42.5 Å². The maximum atomic E-state index is 10.5. The van der Waals surface area contributed by atoms with Crippen molar-refractivity contribution in [3.63, 3.8) is 0 Å². The van der Waals surface area contributed by atoms with Crippen LogP contribution in [0.3, 0.4) is 0 Å². The molecular weight excluding hydrogens is 380 g/mol. The van der Waals surface area contributed by atoms with Crippen molar-refractivity contribution in [2.24, 2.45) is 5.92 Å². The molecule has 0 bridgehead atoms. The van der Waals surface area contributed by atoms with Gasteiger partial charge in [-0.2, -0.15) is 0 Å². The fourth-order valence-corrected chi connectivity index (χ4v) is 4.29. The van der Waals surface area contributed by atoms with Crippen LogP contribution >= 0.6 is 11.6 Å². The first-order valence-corrected chi connectivity index (χ1v) is 10.00. The lowest BCUT2D eigenvalue weighted by atomic mass is 9.91. The van der Waals surface area contributed by atoms with Crippen LogP contribution in [-0.4, -0.2) is 46.3 Å². The average molecular weight is 405 g/mol. The summed E-state index contributed by atoms with van der Waals surface area (Å²) in [6, 6.07) is 13.4. The Labute approximate surface area is 169 Å². The molecule has 6 heteroatoms. The Bertz CT molecular complexity index is 839. The molecular formula is C22H25ClO5. The molecule has 4 rings (SSSR count). The summed E-state index contributed by atoms with van der Waals surface area (Å²) >= 11 is 6.41. The summed E-state index contributed by atoms with van der Waals surface area (Å²) in [5.41, 5.74) is 2.00. The van der Waals surface area contributed by atoms with E-state index >= 15 is 0 Å². The SMILES string of the molecule is CCOc1ccc(Cc2cc([C@@H]3O[C@]4(CO)C[C@@H]4[C@H](O)[C@H]3O)ccc2Cl)cc1. The van der Waals surface area contributed by atoms with Gasteiger partial charge in [0.25, 0.3) is 0 Å². The van der Waals surface area contributed by atoms with Crippen molar-refractivity contribution in [2.75, 3.05) is 13.2 Å². The Morgan fingerprint density at radius 3 is 2.57 bits per heavy atom. The minimum absolute atomic E-state index is 0.162. The van der Waals surface area contributed by atoms with Gasteiger partial charge in [0.2, 0.25) is 0 Å². The number of benzene rings is 2. The highest BCUT2D eigenvalue weighted by molar-refractivity contribution is 6.31. The van der Waals surface area contributed by atoms with Gasteiger partial charge in [-0.3, -0.25) is 0 Å². The topological polar surface area (TPSA) is 79.2 Å². The van der Waals surface area contributed by atoms with Crippen LogP contribution in [0.1, 0.15) is 36.1 Å². The molecule has 0 spiro atoms. The second kappa shape index (κ2) is 7.65. The summed E-state index contributed by atoms with van der Waals surface area (Å²) in [5.74, 6) is 0.617. The van der Waals surface area contributed by atoms with E-state index in [1.54, 1.807) is 12.1 Å². The molecule has 0 unspecified atom stereocenters. The maximum Gasteiger partial charge on any atom is 0.119 e. The fourth-order valence-electron chi connectivity index (χ4n) is 4.10. The zero-order valence-corrected chi connectivity index (χ0v) is 16.5. The van der Waals surface area contributed by atoms with Gasteiger partial charge in [0, 0.05) is 10.9 Å².